The fraction of sp³-hybridized carbons (Fsp3) is 0.100. The van der Waals surface area contributed by atoms with E-state index in [-0.39, 0.29) is 0 Å². The molecule has 0 spiro atoms. The van der Waals surface area contributed by atoms with Gasteiger partial charge >= 0.3 is 6.98 Å². The van der Waals surface area contributed by atoms with Gasteiger partial charge in [0, 0.05) is 18.2 Å². The zero-order chi connectivity index (χ0) is 11.6. The molecule has 0 aliphatic carbocycles. The second-order valence-corrected chi connectivity index (χ2v) is 3.53. The summed E-state index contributed by atoms with van der Waals surface area (Å²) in [7, 11) is 0. The van der Waals surface area contributed by atoms with E-state index in [4.69, 9.17) is 0 Å². The maximum absolute atomic E-state index is 12.2. The van der Waals surface area contributed by atoms with Gasteiger partial charge in [0.05, 0.1) is 6.20 Å². The Balaban J connectivity index is 2.21. The van der Waals surface area contributed by atoms with E-state index in [0.29, 0.717) is 5.56 Å². The van der Waals surface area contributed by atoms with E-state index in [2.05, 4.69) is 5.10 Å². The molecular weight excluding hydrogens is 216 g/mol. The summed E-state index contributed by atoms with van der Waals surface area (Å²) in [5.41, 5.74) is 1.56. The summed E-state index contributed by atoms with van der Waals surface area (Å²) >= 11 is 0. The van der Waals surface area contributed by atoms with Crippen LogP contribution in [0.4, 0.5) is 12.9 Å². The van der Waals surface area contributed by atoms with Crippen molar-refractivity contribution >= 4 is 6.98 Å². The first-order valence-electron chi connectivity index (χ1n) is 4.83. The largest absolute Gasteiger partial charge is 0.499 e. The zero-order valence-corrected chi connectivity index (χ0v) is 8.35. The van der Waals surface area contributed by atoms with Crippen LogP contribution in [0.1, 0.15) is 0 Å². The van der Waals surface area contributed by atoms with Crippen molar-refractivity contribution in [1.82, 2.24) is 9.78 Å². The maximum Gasteiger partial charge on any atom is 0.499 e. The average Bonchev–Trinajstić information content (AvgIpc) is 2.65. The lowest BCUT2D eigenvalue weighted by Crippen LogP contribution is -2.24. The van der Waals surface area contributed by atoms with Crippen molar-refractivity contribution in [1.29, 1.82) is 0 Å². The van der Waals surface area contributed by atoms with Crippen molar-refractivity contribution in [3.8, 4) is 11.1 Å². The van der Waals surface area contributed by atoms with Crippen LogP contribution in [-0.4, -0.2) is 16.8 Å². The average molecular weight is 225 g/mol. The van der Waals surface area contributed by atoms with Crippen molar-refractivity contribution in [2.24, 2.45) is 0 Å². The first-order valence-corrected chi connectivity index (χ1v) is 4.83. The van der Waals surface area contributed by atoms with Crippen LogP contribution in [0.25, 0.3) is 11.1 Å². The molecule has 0 unspecified atom stereocenters. The third-order valence-electron chi connectivity index (χ3n) is 2.13. The van der Waals surface area contributed by atoms with Gasteiger partial charge in [-0.1, -0.05) is 30.3 Å². The highest BCUT2D eigenvalue weighted by Gasteiger charge is 2.24. The molecule has 1 heterocycles. The normalized spacial score (nSPS) is 11.7. The predicted octanol–water partition coefficient (Wildman–Crippen LogP) is 2.94. The van der Waals surface area contributed by atoms with Crippen molar-refractivity contribution in [3.63, 3.8) is 0 Å². The first-order chi connectivity index (χ1) is 7.54. The van der Waals surface area contributed by atoms with E-state index in [1.165, 1.54) is 12.4 Å². The van der Waals surface area contributed by atoms with Crippen LogP contribution in [0, 0.1) is 0 Å². The predicted molar refractivity (Wildman–Crippen MR) is 56.7 cm³/mol. The molecule has 0 saturated heterocycles. The standard InChI is InChI=1S/C10H9BF3N2/c12-11(13,14)8-16-7-10(6-15-16)9-4-2-1-3-5-9/h1-7H,8H2/q-1. The van der Waals surface area contributed by atoms with Gasteiger partial charge in [-0.25, -0.2) is 0 Å². The fourth-order valence-electron chi connectivity index (χ4n) is 1.46. The van der Waals surface area contributed by atoms with Gasteiger partial charge < -0.3 is 12.9 Å². The van der Waals surface area contributed by atoms with E-state index < -0.39 is 13.4 Å². The zero-order valence-electron chi connectivity index (χ0n) is 8.35. The highest BCUT2D eigenvalue weighted by Crippen LogP contribution is 2.19. The van der Waals surface area contributed by atoms with Crippen LogP contribution in [-0.2, 0) is 6.44 Å². The minimum atomic E-state index is -4.84. The summed E-state index contributed by atoms with van der Waals surface area (Å²) in [6.07, 6.45) is 1.86. The molecule has 84 valence electrons. The third kappa shape index (κ3) is 2.65. The van der Waals surface area contributed by atoms with Crippen LogP contribution in [0.3, 0.4) is 0 Å². The molecule has 0 radical (unpaired) electrons. The molecule has 0 saturated carbocycles. The monoisotopic (exact) mass is 225 g/mol. The Bertz CT molecular complexity index is 464. The van der Waals surface area contributed by atoms with Gasteiger partial charge in [-0.05, 0) is 5.56 Å². The molecule has 0 aliphatic rings. The van der Waals surface area contributed by atoms with Gasteiger partial charge in [0.2, 0.25) is 0 Å². The van der Waals surface area contributed by atoms with Crippen molar-refractivity contribution < 1.29 is 12.9 Å². The third-order valence-corrected chi connectivity index (χ3v) is 2.13. The topological polar surface area (TPSA) is 17.8 Å². The molecule has 0 bridgehead atoms. The fourth-order valence-corrected chi connectivity index (χ4v) is 1.46. The molecule has 2 rings (SSSR count). The molecule has 0 fully saturated rings. The van der Waals surface area contributed by atoms with Crippen LogP contribution < -0.4 is 0 Å². The SMILES string of the molecule is F[B-](F)(F)Cn1cc(-c2ccccc2)cn1. The van der Waals surface area contributed by atoms with Crippen LogP contribution in [0.5, 0.6) is 0 Å². The number of hydrogen-bond donors (Lipinski definition) is 0. The van der Waals surface area contributed by atoms with Gasteiger partial charge in [-0.3, -0.25) is 4.68 Å². The Hall–Kier alpha value is -1.72. The Kier molecular flexibility index (Phi) is 2.72. The van der Waals surface area contributed by atoms with Gasteiger partial charge in [0.25, 0.3) is 0 Å². The van der Waals surface area contributed by atoms with Crippen molar-refractivity contribution in [2.45, 2.75) is 6.44 Å². The van der Waals surface area contributed by atoms with Crippen LogP contribution >= 0.6 is 0 Å². The van der Waals surface area contributed by atoms with Crippen molar-refractivity contribution in [3.05, 3.63) is 42.7 Å². The second kappa shape index (κ2) is 4.04. The lowest BCUT2D eigenvalue weighted by Gasteiger charge is -2.12. The van der Waals surface area contributed by atoms with E-state index in [0.717, 1.165) is 10.2 Å². The molecule has 0 N–H and O–H groups in total. The summed E-state index contributed by atoms with van der Waals surface area (Å²) in [4.78, 5) is 0. The van der Waals surface area contributed by atoms with E-state index in [9.17, 15) is 12.9 Å². The second-order valence-electron chi connectivity index (χ2n) is 3.53. The lowest BCUT2D eigenvalue weighted by molar-refractivity contribution is 0.436. The van der Waals surface area contributed by atoms with Gasteiger partial charge in [0.15, 0.2) is 0 Å². The van der Waals surface area contributed by atoms with Gasteiger partial charge in [-0.15, -0.1) is 0 Å². The first kappa shape index (κ1) is 10.8. The van der Waals surface area contributed by atoms with E-state index in [1.54, 1.807) is 0 Å². The Morgan fingerprint density at radius 1 is 1.06 bits per heavy atom. The highest BCUT2D eigenvalue weighted by molar-refractivity contribution is 6.57. The summed E-state index contributed by atoms with van der Waals surface area (Å²) in [6, 6.07) is 9.19. The van der Waals surface area contributed by atoms with E-state index in [1.807, 2.05) is 30.3 Å². The molecule has 0 atom stereocenters. The Morgan fingerprint density at radius 2 is 1.75 bits per heavy atom. The number of benzene rings is 1. The summed E-state index contributed by atoms with van der Waals surface area (Å²) in [5.74, 6) is 0. The Labute approximate surface area is 90.8 Å². The number of nitrogens with zero attached hydrogens (tertiary/aromatic N) is 2. The summed E-state index contributed by atoms with van der Waals surface area (Å²) in [5, 5.41) is 3.69. The highest BCUT2D eigenvalue weighted by atomic mass is 19.4. The Morgan fingerprint density at radius 3 is 2.38 bits per heavy atom. The van der Waals surface area contributed by atoms with Crippen LogP contribution in [0.2, 0.25) is 0 Å². The molecule has 1 aromatic carbocycles. The number of aromatic nitrogens is 2. The maximum atomic E-state index is 12.2. The molecule has 16 heavy (non-hydrogen) atoms. The molecule has 2 aromatic rings. The van der Waals surface area contributed by atoms with Gasteiger partial charge in [-0.2, -0.15) is 5.10 Å². The molecule has 0 amide bonds. The molecular formula is C10H9BF3N2-. The molecule has 2 nitrogen and oxygen atoms in total. The summed E-state index contributed by atoms with van der Waals surface area (Å²) in [6.45, 7) is -4.84. The number of hydrogen-bond acceptors (Lipinski definition) is 1. The number of halogens is 3. The quantitative estimate of drug-likeness (QED) is 0.734. The smallest absolute Gasteiger partial charge is 0.448 e. The molecule has 1 aromatic heterocycles. The van der Waals surface area contributed by atoms with E-state index >= 15 is 0 Å². The van der Waals surface area contributed by atoms with Crippen LogP contribution in [0.15, 0.2) is 42.7 Å². The minimum absolute atomic E-state index is 0.695. The summed E-state index contributed by atoms with van der Waals surface area (Å²) < 4.78 is 37.4. The van der Waals surface area contributed by atoms with Crippen molar-refractivity contribution in [2.75, 3.05) is 0 Å². The minimum Gasteiger partial charge on any atom is -0.448 e. The number of rotatable bonds is 3. The molecule has 6 heteroatoms. The van der Waals surface area contributed by atoms with Gasteiger partial charge in [0.1, 0.15) is 0 Å². The molecule has 0 aliphatic heterocycles. The lowest BCUT2D eigenvalue weighted by atomic mass is 9.93.